The maximum absolute atomic E-state index is 11.7. The molecule has 0 radical (unpaired) electrons. The van der Waals surface area contributed by atoms with Crippen LogP contribution in [0.5, 0.6) is 0 Å². The van der Waals surface area contributed by atoms with Crippen molar-refractivity contribution < 1.29 is 4.79 Å². The van der Waals surface area contributed by atoms with E-state index in [1.807, 2.05) is 37.4 Å². The first-order valence-corrected chi connectivity index (χ1v) is 6.69. The molecule has 114 valence electrons. The minimum absolute atomic E-state index is 0. The molecule has 3 rings (SSSR count). The van der Waals surface area contributed by atoms with Crippen molar-refractivity contribution >= 4 is 29.3 Å². The Kier molecular flexibility index (Phi) is 4.49. The van der Waals surface area contributed by atoms with E-state index in [4.69, 9.17) is 11.5 Å². The summed E-state index contributed by atoms with van der Waals surface area (Å²) in [6.45, 7) is 1.90. The number of halogens is 1. The number of amides is 1. The summed E-state index contributed by atoms with van der Waals surface area (Å²) in [4.78, 5) is 19.0. The smallest absolute Gasteiger partial charge is 0.249 e. The van der Waals surface area contributed by atoms with Crippen LogP contribution in [0.2, 0.25) is 0 Å². The summed E-state index contributed by atoms with van der Waals surface area (Å²) in [6, 6.07) is 9.18. The number of aromatic amines is 1. The molecule has 5 nitrogen and oxygen atoms in total. The summed E-state index contributed by atoms with van der Waals surface area (Å²) in [5, 5.41) is 0.946. The Labute approximate surface area is 134 Å². The number of pyridine rings is 1. The molecule has 0 aliphatic carbocycles. The van der Waals surface area contributed by atoms with Gasteiger partial charge < -0.3 is 16.5 Å². The molecule has 3 aromatic rings. The third-order valence-electron chi connectivity index (χ3n) is 3.59. The maximum Gasteiger partial charge on any atom is 0.249 e. The quantitative estimate of drug-likeness (QED) is 0.693. The molecular formula is C16H17ClN4O. The van der Waals surface area contributed by atoms with Crippen LogP contribution in [0.1, 0.15) is 28.9 Å². The maximum atomic E-state index is 11.7. The molecule has 2 aromatic heterocycles. The predicted octanol–water partition coefficient (Wildman–Crippen LogP) is 2.77. The number of carbonyl (C=O) groups is 1. The van der Waals surface area contributed by atoms with Crippen molar-refractivity contribution in [2.45, 2.75) is 13.0 Å². The number of hydrogen-bond donors (Lipinski definition) is 3. The van der Waals surface area contributed by atoms with Gasteiger partial charge in [-0.25, -0.2) is 4.98 Å². The van der Waals surface area contributed by atoms with E-state index < -0.39 is 5.91 Å². The van der Waals surface area contributed by atoms with Gasteiger partial charge >= 0.3 is 0 Å². The van der Waals surface area contributed by atoms with Crippen LogP contribution in [0.25, 0.3) is 22.2 Å². The lowest BCUT2D eigenvalue weighted by molar-refractivity contribution is 0.100. The minimum atomic E-state index is -0.457. The van der Waals surface area contributed by atoms with Crippen molar-refractivity contribution in [3.63, 3.8) is 0 Å². The van der Waals surface area contributed by atoms with Gasteiger partial charge in [0.05, 0.1) is 0 Å². The number of H-pyrrole nitrogens is 1. The Morgan fingerprint density at radius 3 is 2.68 bits per heavy atom. The highest BCUT2D eigenvalue weighted by Crippen LogP contribution is 2.31. The average Bonchev–Trinajstić information content (AvgIpc) is 2.94. The molecule has 2 heterocycles. The number of nitrogens with two attached hydrogens (primary N) is 2. The van der Waals surface area contributed by atoms with E-state index in [0.29, 0.717) is 5.56 Å². The van der Waals surface area contributed by atoms with Crippen molar-refractivity contribution in [2.75, 3.05) is 0 Å². The van der Waals surface area contributed by atoms with Gasteiger partial charge in [0.15, 0.2) is 0 Å². The first-order chi connectivity index (χ1) is 10.1. The van der Waals surface area contributed by atoms with Crippen LogP contribution < -0.4 is 11.5 Å². The number of carbonyl (C=O) groups excluding carboxylic acids is 1. The first-order valence-electron chi connectivity index (χ1n) is 6.69. The van der Waals surface area contributed by atoms with Gasteiger partial charge in [-0.15, -0.1) is 12.4 Å². The zero-order chi connectivity index (χ0) is 15.0. The van der Waals surface area contributed by atoms with Gasteiger partial charge in [-0.1, -0.05) is 6.07 Å². The van der Waals surface area contributed by atoms with E-state index in [1.54, 1.807) is 12.3 Å². The third kappa shape index (κ3) is 2.68. The second kappa shape index (κ2) is 6.17. The van der Waals surface area contributed by atoms with Crippen molar-refractivity contribution in [1.29, 1.82) is 0 Å². The normalized spacial score (nSPS) is 11.9. The van der Waals surface area contributed by atoms with Gasteiger partial charge in [-0.05, 0) is 47.9 Å². The topological polar surface area (TPSA) is 97.8 Å². The van der Waals surface area contributed by atoms with Crippen molar-refractivity contribution in [3.8, 4) is 11.1 Å². The SMILES string of the molecule is CC(N)c1ccc(C(N)=O)c(-c2ccnc3[nH]ccc23)c1.Cl. The molecule has 22 heavy (non-hydrogen) atoms. The summed E-state index contributed by atoms with van der Waals surface area (Å²) in [7, 11) is 0. The van der Waals surface area contributed by atoms with Crippen LogP contribution in [0, 0.1) is 0 Å². The Morgan fingerprint density at radius 1 is 1.23 bits per heavy atom. The largest absolute Gasteiger partial charge is 0.366 e. The van der Waals surface area contributed by atoms with Crippen LogP contribution in [0.3, 0.4) is 0 Å². The molecular weight excluding hydrogens is 300 g/mol. The van der Waals surface area contributed by atoms with Gasteiger partial charge in [-0.3, -0.25) is 4.79 Å². The lowest BCUT2D eigenvalue weighted by atomic mass is 9.94. The van der Waals surface area contributed by atoms with E-state index >= 15 is 0 Å². The molecule has 1 atom stereocenters. The molecule has 0 aliphatic heterocycles. The van der Waals surface area contributed by atoms with Crippen LogP contribution >= 0.6 is 12.4 Å². The number of benzene rings is 1. The second-order valence-electron chi connectivity index (χ2n) is 5.06. The zero-order valence-electron chi connectivity index (χ0n) is 12.0. The lowest BCUT2D eigenvalue weighted by Crippen LogP contribution is -2.14. The summed E-state index contributed by atoms with van der Waals surface area (Å²) in [5.41, 5.74) is 15.4. The summed E-state index contributed by atoms with van der Waals surface area (Å²) < 4.78 is 0. The van der Waals surface area contributed by atoms with Crippen LogP contribution in [-0.4, -0.2) is 15.9 Å². The Balaban J connectivity index is 0.00000176. The van der Waals surface area contributed by atoms with Gasteiger partial charge in [0, 0.05) is 29.4 Å². The van der Waals surface area contributed by atoms with Gasteiger partial charge in [-0.2, -0.15) is 0 Å². The molecule has 1 amide bonds. The summed E-state index contributed by atoms with van der Waals surface area (Å²) in [6.07, 6.45) is 3.53. The van der Waals surface area contributed by atoms with Crippen molar-refractivity contribution in [3.05, 3.63) is 53.9 Å². The number of fused-ring (bicyclic) bond motifs is 1. The summed E-state index contributed by atoms with van der Waals surface area (Å²) in [5.74, 6) is -0.457. The fourth-order valence-corrected chi connectivity index (χ4v) is 2.48. The minimum Gasteiger partial charge on any atom is -0.366 e. The Bertz CT molecular complexity index is 826. The molecule has 0 bridgehead atoms. The number of nitrogens with one attached hydrogen (secondary N) is 1. The standard InChI is InChI=1S/C16H16N4O.ClH/c1-9(17)10-2-3-12(15(18)21)14(8-10)11-4-6-19-16-13(11)5-7-20-16;/h2-9H,17H2,1H3,(H2,18,21)(H,19,20);1H. The molecule has 0 aliphatic rings. The molecule has 6 heteroatoms. The highest BCUT2D eigenvalue weighted by atomic mass is 35.5. The molecule has 1 unspecified atom stereocenters. The fraction of sp³-hybridized carbons (Fsp3) is 0.125. The van der Waals surface area contributed by atoms with E-state index in [0.717, 1.165) is 27.7 Å². The van der Waals surface area contributed by atoms with Crippen LogP contribution in [0.15, 0.2) is 42.7 Å². The van der Waals surface area contributed by atoms with Gasteiger partial charge in [0.25, 0.3) is 0 Å². The van der Waals surface area contributed by atoms with E-state index in [-0.39, 0.29) is 18.4 Å². The Hall–Kier alpha value is -2.37. The number of aromatic nitrogens is 2. The Morgan fingerprint density at radius 2 is 2.00 bits per heavy atom. The molecule has 0 spiro atoms. The number of hydrogen-bond acceptors (Lipinski definition) is 3. The number of rotatable bonds is 3. The fourth-order valence-electron chi connectivity index (χ4n) is 2.48. The molecule has 5 N–H and O–H groups in total. The molecule has 0 saturated heterocycles. The molecule has 1 aromatic carbocycles. The van der Waals surface area contributed by atoms with Gasteiger partial charge in [0.1, 0.15) is 5.65 Å². The highest BCUT2D eigenvalue weighted by Gasteiger charge is 2.15. The number of nitrogens with zero attached hydrogens (tertiary/aromatic N) is 1. The zero-order valence-corrected chi connectivity index (χ0v) is 12.9. The second-order valence-corrected chi connectivity index (χ2v) is 5.06. The van der Waals surface area contributed by atoms with E-state index in [1.165, 1.54) is 0 Å². The van der Waals surface area contributed by atoms with Gasteiger partial charge in [0.2, 0.25) is 5.91 Å². The lowest BCUT2D eigenvalue weighted by Gasteiger charge is -2.13. The molecule has 0 fully saturated rings. The van der Waals surface area contributed by atoms with E-state index in [2.05, 4.69) is 9.97 Å². The molecule has 0 saturated carbocycles. The predicted molar refractivity (Wildman–Crippen MR) is 89.9 cm³/mol. The van der Waals surface area contributed by atoms with Crippen molar-refractivity contribution in [2.24, 2.45) is 11.5 Å². The van der Waals surface area contributed by atoms with E-state index in [9.17, 15) is 4.79 Å². The van der Waals surface area contributed by atoms with Crippen LogP contribution in [0.4, 0.5) is 0 Å². The number of primary amides is 1. The van der Waals surface area contributed by atoms with Crippen LogP contribution in [-0.2, 0) is 0 Å². The summed E-state index contributed by atoms with van der Waals surface area (Å²) >= 11 is 0. The third-order valence-corrected chi connectivity index (χ3v) is 3.59. The first kappa shape index (κ1) is 16.0. The monoisotopic (exact) mass is 316 g/mol. The average molecular weight is 317 g/mol. The van der Waals surface area contributed by atoms with Crippen molar-refractivity contribution in [1.82, 2.24) is 9.97 Å². The highest BCUT2D eigenvalue weighted by molar-refractivity contribution is 6.04.